The first-order chi connectivity index (χ1) is 9.75. The highest BCUT2D eigenvalue weighted by molar-refractivity contribution is 8.00. The van der Waals surface area contributed by atoms with Crippen LogP contribution in [0.3, 0.4) is 0 Å². The van der Waals surface area contributed by atoms with Gasteiger partial charge in [0.25, 0.3) is 0 Å². The van der Waals surface area contributed by atoms with Crippen LogP contribution in [0.15, 0.2) is 12.4 Å². The molecule has 0 bridgehead atoms. The monoisotopic (exact) mass is 298 g/mol. The van der Waals surface area contributed by atoms with E-state index in [1.165, 1.54) is 11.8 Å². The zero-order valence-corrected chi connectivity index (χ0v) is 11.9. The van der Waals surface area contributed by atoms with Crippen molar-refractivity contribution in [2.24, 2.45) is 0 Å². The normalized spacial score (nSPS) is 15.1. The third-order valence-corrected chi connectivity index (χ3v) is 3.78. The molecule has 2 amide bonds. The Balaban J connectivity index is 1.57. The Kier molecular flexibility index (Phi) is 5.87. The summed E-state index contributed by atoms with van der Waals surface area (Å²) in [6, 6.07) is 0. The van der Waals surface area contributed by atoms with Crippen molar-refractivity contribution in [2.75, 3.05) is 37.8 Å². The fraction of sp³-hybridized carbons (Fsp3) is 0.583. The van der Waals surface area contributed by atoms with Gasteiger partial charge in [-0.05, 0) is 0 Å². The molecular weight excluding hydrogens is 280 g/mol. The number of aromatic nitrogens is 2. The number of thioether (sulfide) groups is 1. The third-order valence-electron chi connectivity index (χ3n) is 2.87. The summed E-state index contributed by atoms with van der Waals surface area (Å²) >= 11 is 1.33. The molecule has 0 aromatic carbocycles. The molecule has 110 valence electrons. The molecule has 7 nitrogen and oxygen atoms in total. The molecule has 0 unspecified atom stereocenters. The fourth-order valence-electron chi connectivity index (χ4n) is 1.76. The van der Waals surface area contributed by atoms with Gasteiger partial charge in [-0.3, -0.25) is 14.7 Å². The van der Waals surface area contributed by atoms with Gasteiger partial charge in [-0.15, -0.1) is 11.8 Å². The van der Waals surface area contributed by atoms with Crippen molar-refractivity contribution >= 4 is 23.6 Å². The van der Waals surface area contributed by atoms with Gasteiger partial charge >= 0.3 is 0 Å². The predicted molar refractivity (Wildman–Crippen MR) is 75.2 cm³/mol. The van der Waals surface area contributed by atoms with Crippen molar-refractivity contribution in [2.45, 2.75) is 6.54 Å². The molecule has 0 atom stereocenters. The van der Waals surface area contributed by atoms with Gasteiger partial charge in [-0.25, -0.2) is 0 Å². The molecule has 2 heterocycles. The highest BCUT2D eigenvalue weighted by Crippen LogP contribution is 2.05. The largest absolute Gasteiger partial charge is 0.378 e. The van der Waals surface area contributed by atoms with Crippen molar-refractivity contribution < 1.29 is 14.3 Å². The standard InChI is InChI=1S/C12H18N4O3S/c17-11(13-5-10-6-14-15-7-10)8-20-9-12(18)16-1-3-19-4-2-16/h6-7H,1-5,8-9H2,(H,13,17)(H,14,15). The van der Waals surface area contributed by atoms with Gasteiger partial charge in [0, 0.05) is 31.4 Å². The van der Waals surface area contributed by atoms with Crippen molar-refractivity contribution in [1.82, 2.24) is 20.4 Å². The maximum absolute atomic E-state index is 11.8. The molecule has 2 N–H and O–H groups in total. The number of rotatable bonds is 6. The van der Waals surface area contributed by atoms with E-state index in [-0.39, 0.29) is 17.6 Å². The van der Waals surface area contributed by atoms with Gasteiger partial charge in [-0.2, -0.15) is 5.10 Å². The number of carbonyl (C=O) groups is 2. The quantitative estimate of drug-likeness (QED) is 0.747. The van der Waals surface area contributed by atoms with Crippen LogP contribution in [0.4, 0.5) is 0 Å². The van der Waals surface area contributed by atoms with E-state index in [1.807, 2.05) is 0 Å². The van der Waals surface area contributed by atoms with Crippen LogP contribution in [0.2, 0.25) is 0 Å². The van der Waals surface area contributed by atoms with Crippen molar-refractivity contribution in [3.05, 3.63) is 18.0 Å². The lowest BCUT2D eigenvalue weighted by Crippen LogP contribution is -2.41. The zero-order chi connectivity index (χ0) is 14.2. The van der Waals surface area contributed by atoms with E-state index in [0.29, 0.717) is 38.6 Å². The molecule has 0 saturated carbocycles. The number of nitrogens with zero attached hydrogens (tertiary/aromatic N) is 2. The number of hydrogen-bond donors (Lipinski definition) is 2. The van der Waals surface area contributed by atoms with Crippen LogP contribution in [0.5, 0.6) is 0 Å². The number of carbonyl (C=O) groups excluding carboxylic acids is 2. The first-order valence-corrected chi connectivity index (χ1v) is 7.59. The van der Waals surface area contributed by atoms with E-state index in [9.17, 15) is 9.59 Å². The van der Waals surface area contributed by atoms with Gasteiger partial charge in [0.05, 0.1) is 30.9 Å². The highest BCUT2D eigenvalue weighted by Gasteiger charge is 2.16. The van der Waals surface area contributed by atoms with E-state index < -0.39 is 0 Å². The second kappa shape index (κ2) is 7.91. The van der Waals surface area contributed by atoms with Crippen LogP contribution in [0.25, 0.3) is 0 Å². The van der Waals surface area contributed by atoms with Crippen molar-refractivity contribution in [3.63, 3.8) is 0 Å². The number of H-pyrrole nitrogens is 1. The van der Waals surface area contributed by atoms with Gasteiger partial charge in [-0.1, -0.05) is 0 Å². The van der Waals surface area contributed by atoms with Crippen LogP contribution in [0.1, 0.15) is 5.56 Å². The highest BCUT2D eigenvalue weighted by atomic mass is 32.2. The third kappa shape index (κ3) is 4.86. The van der Waals surface area contributed by atoms with E-state index in [1.54, 1.807) is 17.3 Å². The van der Waals surface area contributed by atoms with Gasteiger partial charge < -0.3 is 15.0 Å². The maximum atomic E-state index is 11.8. The van der Waals surface area contributed by atoms with E-state index in [0.717, 1.165) is 5.56 Å². The number of hydrogen-bond acceptors (Lipinski definition) is 5. The summed E-state index contributed by atoms with van der Waals surface area (Å²) in [4.78, 5) is 25.2. The van der Waals surface area contributed by atoms with Crippen molar-refractivity contribution in [3.8, 4) is 0 Å². The summed E-state index contributed by atoms with van der Waals surface area (Å²) in [6.07, 6.45) is 3.39. The lowest BCUT2D eigenvalue weighted by molar-refractivity contribution is -0.132. The summed E-state index contributed by atoms with van der Waals surface area (Å²) in [6.45, 7) is 2.94. The molecule has 0 radical (unpaired) electrons. The number of nitrogens with one attached hydrogen (secondary N) is 2. The molecule has 20 heavy (non-hydrogen) atoms. The molecule has 1 aromatic heterocycles. The topological polar surface area (TPSA) is 87.3 Å². The average molecular weight is 298 g/mol. The van der Waals surface area contributed by atoms with E-state index in [4.69, 9.17) is 4.74 Å². The summed E-state index contributed by atoms with van der Waals surface area (Å²) in [5, 5.41) is 9.25. The lowest BCUT2D eigenvalue weighted by atomic mass is 10.3. The Hall–Kier alpha value is -1.54. The van der Waals surface area contributed by atoms with Crippen LogP contribution < -0.4 is 5.32 Å². The molecule has 1 fully saturated rings. The Bertz CT molecular complexity index is 432. The molecule has 1 aromatic rings. The smallest absolute Gasteiger partial charge is 0.232 e. The van der Waals surface area contributed by atoms with Crippen LogP contribution in [-0.2, 0) is 20.9 Å². The molecule has 1 saturated heterocycles. The minimum Gasteiger partial charge on any atom is -0.378 e. The second-order valence-electron chi connectivity index (χ2n) is 4.37. The maximum Gasteiger partial charge on any atom is 0.232 e. The molecule has 2 rings (SSSR count). The predicted octanol–water partition coefficient (Wildman–Crippen LogP) is -0.382. The van der Waals surface area contributed by atoms with Gasteiger partial charge in [0.1, 0.15) is 0 Å². The lowest BCUT2D eigenvalue weighted by Gasteiger charge is -2.26. The Labute approximate surface area is 121 Å². The first-order valence-electron chi connectivity index (χ1n) is 6.43. The number of morpholine rings is 1. The Morgan fingerprint density at radius 3 is 2.90 bits per heavy atom. The Morgan fingerprint density at radius 2 is 2.20 bits per heavy atom. The van der Waals surface area contributed by atoms with E-state index >= 15 is 0 Å². The molecular formula is C12H18N4O3S. The van der Waals surface area contributed by atoms with Crippen LogP contribution in [0, 0.1) is 0 Å². The van der Waals surface area contributed by atoms with Crippen LogP contribution >= 0.6 is 11.8 Å². The van der Waals surface area contributed by atoms with E-state index in [2.05, 4.69) is 15.5 Å². The molecule has 0 aliphatic carbocycles. The number of aromatic amines is 1. The summed E-state index contributed by atoms with van der Waals surface area (Å²) in [7, 11) is 0. The Morgan fingerprint density at radius 1 is 1.40 bits per heavy atom. The number of amides is 2. The molecule has 1 aliphatic heterocycles. The summed E-state index contributed by atoms with van der Waals surface area (Å²) in [5.41, 5.74) is 0.924. The number of ether oxygens (including phenoxy) is 1. The molecule has 0 spiro atoms. The summed E-state index contributed by atoms with van der Waals surface area (Å²) < 4.78 is 5.19. The van der Waals surface area contributed by atoms with Gasteiger partial charge in [0.2, 0.25) is 11.8 Å². The average Bonchev–Trinajstić information content (AvgIpc) is 2.99. The SMILES string of the molecule is O=C(CSCC(=O)N1CCOCC1)NCc1cn[nH]c1. The van der Waals surface area contributed by atoms with Crippen molar-refractivity contribution in [1.29, 1.82) is 0 Å². The summed E-state index contributed by atoms with van der Waals surface area (Å²) in [5.74, 6) is 0.611. The molecule has 1 aliphatic rings. The zero-order valence-electron chi connectivity index (χ0n) is 11.1. The fourth-order valence-corrected chi connectivity index (χ4v) is 2.51. The minimum atomic E-state index is -0.0778. The van der Waals surface area contributed by atoms with Gasteiger partial charge in [0.15, 0.2) is 0 Å². The first kappa shape index (κ1) is 14.9. The second-order valence-corrected chi connectivity index (χ2v) is 5.35. The minimum absolute atomic E-state index is 0.0703. The molecule has 8 heteroatoms. The van der Waals surface area contributed by atoms with Crippen LogP contribution in [-0.4, -0.2) is 64.7 Å².